The van der Waals surface area contributed by atoms with Gasteiger partial charge >= 0.3 is 29.6 Å². The van der Waals surface area contributed by atoms with E-state index in [1.807, 2.05) is 0 Å². The first-order valence-corrected chi connectivity index (χ1v) is 2.91. The van der Waals surface area contributed by atoms with Gasteiger partial charge in [-0.1, -0.05) is 0 Å². The predicted octanol–water partition coefficient (Wildman–Crippen LogP) is -6.43. The monoisotopic (exact) mass is 202 g/mol. The molecule has 0 rings (SSSR count). The van der Waals surface area contributed by atoms with Gasteiger partial charge < -0.3 is 12.6 Å². The van der Waals surface area contributed by atoms with Gasteiger partial charge in [0.1, 0.15) is 0 Å². The van der Waals surface area contributed by atoms with E-state index in [0.717, 1.165) is 0 Å². The molecule has 0 fully saturated rings. The summed E-state index contributed by atoms with van der Waals surface area (Å²) in [7, 11) is 0. The number of hydrogen-bond donors (Lipinski definition) is 1. The van der Waals surface area contributed by atoms with Crippen LogP contribution < -0.4 is 42.2 Å². The zero-order chi connectivity index (χ0) is 5.58. The molecule has 0 bridgehead atoms. The topological polar surface area (TPSA) is 89.4 Å². The Labute approximate surface area is 73.0 Å². The van der Waals surface area contributed by atoms with Crippen LogP contribution in [0.3, 0.4) is 0 Å². The largest absolute Gasteiger partial charge is 1.00 e. The van der Waals surface area contributed by atoms with Crippen molar-refractivity contribution in [1.82, 2.24) is 0 Å². The number of rotatable bonds is 0. The summed E-state index contributed by atoms with van der Waals surface area (Å²) in [6, 6.07) is 0. The van der Waals surface area contributed by atoms with Crippen LogP contribution in [0, 0.1) is 14.8 Å². The van der Waals surface area contributed by atoms with Crippen LogP contribution in [-0.2, 0) is 0 Å². The average molecular weight is 203 g/mol. The van der Waals surface area contributed by atoms with E-state index in [-0.39, 0.29) is 29.6 Å². The van der Waals surface area contributed by atoms with Crippen LogP contribution in [0.25, 0.3) is 0 Å². The van der Waals surface area contributed by atoms with E-state index in [0.29, 0.717) is 0 Å². The first-order valence-electron chi connectivity index (χ1n) is 0.632. The van der Waals surface area contributed by atoms with Gasteiger partial charge in [0.2, 0.25) is 14.8 Å². The predicted molar refractivity (Wildman–Crippen MR) is 8.07 cm³/mol. The molecule has 0 aromatic rings. The molecule has 40 valence electrons. The summed E-state index contributed by atoms with van der Waals surface area (Å²) in [4.78, 5) is 0. The summed E-state index contributed by atoms with van der Waals surface area (Å²) in [6.45, 7) is 0. The van der Waals surface area contributed by atoms with Crippen molar-refractivity contribution >= 4 is 11.9 Å². The maximum absolute atomic E-state index is 8.52. The minimum Gasteiger partial charge on any atom is -0.405 e. The first-order chi connectivity index (χ1) is 2.73. The van der Waals surface area contributed by atoms with Gasteiger partial charge in [-0.05, 0) is 0 Å². The van der Waals surface area contributed by atoms with Crippen LogP contribution in [0.4, 0.5) is 0 Å². The summed E-state index contributed by atoms with van der Waals surface area (Å²) < 4.78 is 32.0. The molecule has 7 heavy (non-hydrogen) atoms. The maximum Gasteiger partial charge on any atom is 1.00 e. The van der Waals surface area contributed by atoms with E-state index in [4.69, 9.17) is 17.3 Å². The molecular weight excluding hydrogens is 202 g/mol. The van der Waals surface area contributed by atoms with E-state index < -0.39 is 14.8 Å². The normalized spacial score (nSPS) is 6.00. The zero-order valence-electron chi connectivity index (χ0n) is 3.43. The summed E-state index contributed by atoms with van der Waals surface area (Å²) in [5.41, 5.74) is 0. The van der Waals surface area contributed by atoms with Crippen LogP contribution in [0.5, 0.6) is 0 Å². The fraction of sp³-hybridized carbons (Fsp3) is 0. The van der Waals surface area contributed by atoms with Crippen molar-refractivity contribution in [2.45, 2.75) is 0 Å². The van der Waals surface area contributed by atoms with Crippen LogP contribution in [0.15, 0.2) is 0 Å². The second-order valence-electron chi connectivity index (χ2n) is 0.189. The molecule has 0 unspecified atom stereocenters. The summed E-state index contributed by atoms with van der Waals surface area (Å²) in [5, 5.41) is 0. The van der Waals surface area contributed by atoms with Gasteiger partial charge in [-0.15, -0.1) is 0 Å². The van der Waals surface area contributed by atoms with E-state index in [1.165, 1.54) is 0 Å². The van der Waals surface area contributed by atoms with Gasteiger partial charge in [0, 0.05) is 0 Å². The van der Waals surface area contributed by atoms with Crippen LogP contribution in [-0.4, -0.2) is 4.66 Å². The molecule has 0 spiro atoms. The van der Waals surface area contributed by atoms with E-state index in [2.05, 4.69) is 11.9 Å². The van der Waals surface area contributed by atoms with Crippen molar-refractivity contribution in [2.75, 3.05) is 0 Å². The Morgan fingerprint density at radius 1 is 1.14 bits per heavy atom. The summed E-state index contributed by atoms with van der Waals surface area (Å²) in [6.07, 6.45) is 0. The Morgan fingerprint density at radius 2 is 1.14 bits per heavy atom. The fourth-order valence-corrected chi connectivity index (χ4v) is 0. The molecule has 0 aliphatic carbocycles. The Morgan fingerprint density at radius 3 is 1.14 bits per heavy atom. The summed E-state index contributed by atoms with van der Waals surface area (Å²) in [5.74, 6) is 0. The molecule has 0 heterocycles. The molecule has 4 nitrogen and oxygen atoms in total. The molecular formula is HBrClNaO4. The molecule has 0 atom stereocenters. The molecule has 0 saturated heterocycles. The molecule has 7 heteroatoms. The van der Waals surface area contributed by atoms with Gasteiger partial charge in [-0.25, -0.2) is 0 Å². The minimum absolute atomic E-state index is 0. The van der Waals surface area contributed by atoms with Gasteiger partial charge in [0.05, 0.1) is 11.9 Å². The molecule has 0 aromatic carbocycles. The fourth-order valence-electron chi connectivity index (χ4n) is 0. The van der Waals surface area contributed by atoms with E-state index in [9.17, 15) is 0 Å². The van der Waals surface area contributed by atoms with Crippen LogP contribution >= 0.6 is 11.9 Å². The van der Waals surface area contributed by atoms with Gasteiger partial charge in [-0.3, -0.25) is 4.66 Å². The third kappa shape index (κ3) is 92.4. The molecule has 0 amide bonds. The van der Waals surface area contributed by atoms with Crippen LogP contribution in [0.2, 0.25) is 0 Å². The van der Waals surface area contributed by atoms with Crippen molar-refractivity contribution in [3.05, 3.63) is 0 Å². The standard InChI is InChI=1S/BrO3.ClHO.Na/c2-1(3)4;1-2;/h;2H;/q-1;;+1. The average Bonchev–Trinajstić information content (AvgIpc) is 1.41. The summed E-state index contributed by atoms with van der Waals surface area (Å²) >= 11 is -0.00694. The molecule has 1 N–H and O–H groups in total. The second kappa shape index (κ2) is 15.6. The van der Waals surface area contributed by atoms with Crippen molar-refractivity contribution in [1.29, 1.82) is 0 Å². The van der Waals surface area contributed by atoms with E-state index >= 15 is 0 Å². The van der Waals surface area contributed by atoms with Crippen molar-refractivity contribution < 1.29 is 61.6 Å². The number of halogens is 2. The zero-order valence-corrected chi connectivity index (χ0v) is 7.77. The smallest absolute Gasteiger partial charge is 0.405 e. The molecule has 0 aliphatic heterocycles. The maximum atomic E-state index is 8.52. The first kappa shape index (κ1) is 15.8. The Hall–Kier alpha value is 1.61. The van der Waals surface area contributed by atoms with E-state index in [1.54, 1.807) is 0 Å². The Bertz CT molecular complexity index is 16.4. The Balaban J connectivity index is -0.0000000480. The minimum atomic E-state index is -3.65. The Kier molecular flexibility index (Phi) is 35.4. The third-order valence-corrected chi connectivity index (χ3v) is 0. The van der Waals surface area contributed by atoms with Gasteiger partial charge in [0.15, 0.2) is 0 Å². The van der Waals surface area contributed by atoms with Crippen molar-refractivity contribution in [2.24, 2.45) is 0 Å². The SMILES string of the molecule is OCl.[Na+].[O-][Br+2]([O-])[O-]. The van der Waals surface area contributed by atoms with Crippen molar-refractivity contribution in [3.63, 3.8) is 0 Å². The van der Waals surface area contributed by atoms with Crippen molar-refractivity contribution in [3.8, 4) is 0 Å². The number of hydrogen-bond acceptors (Lipinski definition) is 4. The molecule has 0 radical (unpaired) electrons. The second-order valence-corrected chi connectivity index (χ2v) is 0.982. The molecule has 0 aliphatic rings. The molecule has 0 aromatic heterocycles. The van der Waals surface area contributed by atoms with Gasteiger partial charge in [-0.2, -0.15) is 0 Å². The third-order valence-electron chi connectivity index (χ3n) is 0. The quantitative estimate of drug-likeness (QED) is 0.397. The van der Waals surface area contributed by atoms with Crippen LogP contribution in [0.1, 0.15) is 0 Å². The molecule has 0 saturated carbocycles. The van der Waals surface area contributed by atoms with Gasteiger partial charge in [0.25, 0.3) is 0 Å².